The Bertz CT molecular complexity index is 70.0. The SMILES string of the molecule is CC(=O)CCCS.[H-].[Na+]. The predicted molar refractivity (Wildman–Crippen MR) is 34.9 cm³/mol. The van der Waals surface area contributed by atoms with Crippen molar-refractivity contribution in [2.75, 3.05) is 5.75 Å². The first-order valence-electron chi connectivity index (χ1n) is 2.37. The van der Waals surface area contributed by atoms with E-state index in [9.17, 15) is 4.79 Å². The average Bonchev–Trinajstić information content (AvgIpc) is 1.61. The molecular weight excluding hydrogens is 131 g/mol. The number of hydrogen-bond acceptors (Lipinski definition) is 2. The minimum Gasteiger partial charge on any atom is -1.00 e. The van der Waals surface area contributed by atoms with Gasteiger partial charge in [-0.3, -0.25) is 0 Å². The molecule has 0 amide bonds. The van der Waals surface area contributed by atoms with Crippen molar-refractivity contribution in [2.45, 2.75) is 19.8 Å². The van der Waals surface area contributed by atoms with E-state index in [4.69, 9.17) is 0 Å². The maximum atomic E-state index is 10.2. The molecule has 0 aromatic heterocycles. The Kier molecular flexibility index (Phi) is 11.8. The third kappa shape index (κ3) is 10.1. The molecule has 0 atom stereocenters. The number of hydrogen-bond donors (Lipinski definition) is 1. The monoisotopic (exact) mass is 142 g/mol. The van der Waals surface area contributed by atoms with Gasteiger partial charge in [-0.2, -0.15) is 12.6 Å². The summed E-state index contributed by atoms with van der Waals surface area (Å²) in [5.74, 6) is 1.08. The van der Waals surface area contributed by atoms with E-state index in [-0.39, 0.29) is 36.8 Å². The first-order chi connectivity index (χ1) is 3.27. The van der Waals surface area contributed by atoms with Crippen molar-refractivity contribution in [3.8, 4) is 0 Å². The van der Waals surface area contributed by atoms with Gasteiger partial charge in [0.1, 0.15) is 5.78 Å². The fraction of sp³-hybridized carbons (Fsp3) is 0.800. The second-order valence-electron chi connectivity index (χ2n) is 1.53. The maximum Gasteiger partial charge on any atom is 1.00 e. The standard InChI is InChI=1S/C5H10OS.Na.H/c1-5(6)3-2-4-7;;/h7H,2-4H2,1H3;;/q;+1;-1. The summed E-state index contributed by atoms with van der Waals surface area (Å²) >= 11 is 3.94. The van der Waals surface area contributed by atoms with Crippen LogP contribution in [0, 0.1) is 0 Å². The second kappa shape index (κ2) is 8.02. The number of carbonyl (C=O) groups excluding carboxylic acids is 1. The molecule has 8 heavy (non-hydrogen) atoms. The zero-order valence-corrected chi connectivity index (χ0v) is 8.37. The van der Waals surface area contributed by atoms with Crippen molar-refractivity contribution >= 4 is 18.4 Å². The maximum absolute atomic E-state index is 10.2. The molecule has 0 aromatic rings. The van der Waals surface area contributed by atoms with Gasteiger partial charge in [-0.1, -0.05) is 0 Å². The largest absolute Gasteiger partial charge is 1.00 e. The Balaban J connectivity index is -0.000000180. The average molecular weight is 142 g/mol. The number of Topliss-reactive ketones (excluding diaryl/α,β-unsaturated/α-hetero) is 1. The first-order valence-corrected chi connectivity index (χ1v) is 3.01. The molecule has 0 radical (unpaired) electrons. The van der Waals surface area contributed by atoms with Gasteiger partial charge >= 0.3 is 29.6 Å². The zero-order chi connectivity index (χ0) is 5.70. The predicted octanol–water partition coefficient (Wildman–Crippen LogP) is -1.60. The molecule has 0 unspecified atom stereocenters. The molecule has 0 N–H and O–H groups in total. The van der Waals surface area contributed by atoms with Crippen molar-refractivity contribution in [3.05, 3.63) is 0 Å². The van der Waals surface area contributed by atoms with Crippen molar-refractivity contribution in [3.63, 3.8) is 0 Å². The molecular formula is C5H11NaOS. The number of thiol groups is 1. The quantitative estimate of drug-likeness (QED) is 0.371. The molecule has 0 aliphatic carbocycles. The van der Waals surface area contributed by atoms with Crippen LogP contribution in [0.2, 0.25) is 0 Å². The Morgan fingerprint density at radius 3 is 2.38 bits per heavy atom. The second-order valence-corrected chi connectivity index (χ2v) is 1.98. The van der Waals surface area contributed by atoms with Crippen molar-refractivity contribution in [1.29, 1.82) is 0 Å². The van der Waals surface area contributed by atoms with Gasteiger partial charge in [0, 0.05) is 6.42 Å². The molecule has 44 valence electrons. The first kappa shape index (κ1) is 11.8. The fourth-order valence-corrected chi connectivity index (χ4v) is 0.486. The van der Waals surface area contributed by atoms with Gasteiger partial charge < -0.3 is 6.22 Å². The summed E-state index contributed by atoms with van der Waals surface area (Å²) in [4.78, 5) is 10.2. The van der Waals surface area contributed by atoms with E-state index in [1.54, 1.807) is 6.92 Å². The molecule has 0 saturated heterocycles. The van der Waals surface area contributed by atoms with Gasteiger partial charge in [0.05, 0.1) is 0 Å². The molecule has 0 saturated carbocycles. The molecule has 0 rings (SSSR count). The summed E-state index contributed by atoms with van der Waals surface area (Å²) in [6.45, 7) is 1.60. The van der Waals surface area contributed by atoms with Gasteiger partial charge in [-0.15, -0.1) is 0 Å². The van der Waals surface area contributed by atoms with Gasteiger partial charge in [-0.25, -0.2) is 0 Å². The van der Waals surface area contributed by atoms with E-state index in [2.05, 4.69) is 12.6 Å². The Labute approximate surface area is 79.4 Å². The number of ketones is 1. The molecule has 0 heterocycles. The number of rotatable bonds is 3. The van der Waals surface area contributed by atoms with Crippen LogP contribution in [0.3, 0.4) is 0 Å². The third-order valence-corrected chi connectivity index (χ3v) is 1.00. The van der Waals surface area contributed by atoms with Crippen LogP contribution in [0.4, 0.5) is 0 Å². The summed E-state index contributed by atoms with van der Waals surface area (Å²) in [6, 6.07) is 0. The molecule has 0 bridgehead atoms. The Hall–Kier alpha value is 1.02. The molecule has 1 nitrogen and oxygen atoms in total. The fourth-order valence-electron chi connectivity index (χ4n) is 0.328. The summed E-state index contributed by atoms with van der Waals surface area (Å²) < 4.78 is 0. The van der Waals surface area contributed by atoms with Crippen LogP contribution < -0.4 is 29.6 Å². The van der Waals surface area contributed by atoms with Crippen molar-refractivity contribution in [2.24, 2.45) is 0 Å². The molecule has 0 aliphatic heterocycles. The van der Waals surface area contributed by atoms with E-state index in [0.717, 1.165) is 12.2 Å². The van der Waals surface area contributed by atoms with E-state index >= 15 is 0 Å². The van der Waals surface area contributed by atoms with Crippen LogP contribution in [0.25, 0.3) is 0 Å². The molecule has 0 fully saturated rings. The van der Waals surface area contributed by atoms with Crippen LogP contribution in [0.1, 0.15) is 21.2 Å². The smallest absolute Gasteiger partial charge is 1.00 e. The molecule has 0 aliphatic rings. The van der Waals surface area contributed by atoms with Gasteiger partial charge in [0.15, 0.2) is 0 Å². The summed E-state index contributed by atoms with van der Waals surface area (Å²) in [6.07, 6.45) is 1.60. The minimum absolute atomic E-state index is 0. The molecule has 0 aromatic carbocycles. The van der Waals surface area contributed by atoms with Gasteiger partial charge in [0.25, 0.3) is 0 Å². The topological polar surface area (TPSA) is 17.1 Å². The van der Waals surface area contributed by atoms with E-state index in [0.29, 0.717) is 6.42 Å². The summed E-state index contributed by atoms with van der Waals surface area (Å²) in [5, 5.41) is 0. The van der Waals surface area contributed by atoms with Crippen LogP contribution >= 0.6 is 12.6 Å². The van der Waals surface area contributed by atoms with E-state index in [1.165, 1.54) is 0 Å². The van der Waals surface area contributed by atoms with E-state index in [1.807, 2.05) is 0 Å². The Morgan fingerprint density at radius 1 is 1.75 bits per heavy atom. The zero-order valence-electron chi connectivity index (χ0n) is 6.48. The van der Waals surface area contributed by atoms with Crippen molar-refractivity contribution in [1.82, 2.24) is 0 Å². The van der Waals surface area contributed by atoms with E-state index < -0.39 is 0 Å². The normalized spacial score (nSPS) is 7.75. The Morgan fingerprint density at radius 2 is 2.25 bits per heavy atom. The summed E-state index contributed by atoms with van der Waals surface area (Å²) in [7, 11) is 0. The van der Waals surface area contributed by atoms with Crippen LogP contribution in [-0.2, 0) is 4.79 Å². The molecule has 3 heteroatoms. The van der Waals surface area contributed by atoms with Gasteiger partial charge in [0.2, 0.25) is 0 Å². The van der Waals surface area contributed by atoms with Crippen LogP contribution in [-0.4, -0.2) is 11.5 Å². The van der Waals surface area contributed by atoms with Crippen LogP contribution in [0.5, 0.6) is 0 Å². The minimum atomic E-state index is 0. The third-order valence-electron chi connectivity index (χ3n) is 0.687. The van der Waals surface area contributed by atoms with Crippen molar-refractivity contribution < 1.29 is 35.8 Å². The van der Waals surface area contributed by atoms with Crippen LogP contribution in [0.15, 0.2) is 0 Å². The molecule has 0 spiro atoms. The number of carbonyl (C=O) groups is 1. The van der Waals surface area contributed by atoms with Gasteiger partial charge in [-0.05, 0) is 19.1 Å². The summed E-state index contributed by atoms with van der Waals surface area (Å²) in [5.41, 5.74) is 0.